The average molecular weight is 511 g/mol. The second-order valence-corrected chi connectivity index (χ2v) is 9.54. The smallest absolute Gasteiger partial charge is 0.254 e. The number of rotatable bonds is 3. The number of nitrogens with zero attached hydrogens (tertiary/aromatic N) is 4. The van der Waals surface area contributed by atoms with Crippen LogP contribution in [0.4, 0.5) is 19.6 Å². The quantitative estimate of drug-likeness (QED) is 0.396. The zero-order valence-corrected chi connectivity index (χ0v) is 19.8. The number of amides is 1. The topological polar surface area (TPSA) is 122 Å². The minimum absolute atomic E-state index is 0.000260. The van der Waals surface area contributed by atoms with Gasteiger partial charge in [0, 0.05) is 34.8 Å². The first-order chi connectivity index (χ1) is 16.7. The van der Waals surface area contributed by atoms with Crippen molar-refractivity contribution in [3.8, 4) is 17.2 Å². The normalized spacial score (nSPS) is 14.1. The van der Waals surface area contributed by atoms with E-state index in [1.54, 1.807) is 18.0 Å². The molecule has 2 aromatic carbocycles. The van der Waals surface area contributed by atoms with Crippen molar-refractivity contribution in [2.75, 3.05) is 18.0 Å². The van der Waals surface area contributed by atoms with Crippen LogP contribution < -0.4 is 11.5 Å². The largest absolute Gasteiger partial charge is 0.389 e. The minimum Gasteiger partial charge on any atom is -0.389 e. The number of nitriles is 1. The monoisotopic (exact) mass is 510 g/mol. The number of hydrogen-bond donors (Lipinski definition) is 2. The summed E-state index contributed by atoms with van der Waals surface area (Å²) in [6, 6.07) is 5.23. The van der Waals surface area contributed by atoms with E-state index in [-0.39, 0.29) is 48.2 Å². The van der Waals surface area contributed by atoms with Crippen LogP contribution in [-0.2, 0) is 6.42 Å². The molecule has 2 aromatic heterocycles. The lowest BCUT2D eigenvalue weighted by atomic mass is 9.90. The van der Waals surface area contributed by atoms with Crippen molar-refractivity contribution in [1.29, 1.82) is 5.26 Å². The maximum Gasteiger partial charge on any atom is 0.254 e. The van der Waals surface area contributed by atoms with Crippen LogP contribution in [0.1, 0.15) is 40.0 Å². The molecule has 1 atom stereocenters. The molecule has 0 fully saturated rings. The minimum atomic E-state index is -0.763. The van der Waals surface area contributed by atoms with E-state index in [2.05, 4.69) is 9.97 Å². The van der Waals surface area contributed by atoms with Crippen LogP contribution in [0.5, 0.6) is 0 Å². The number of nitrogen functional groups attached to an aromatic ring is 2. The van der Waals surface area contributed by atoms with Crippen molar-refractivity contribution in [1.82, 2.24) is 14.9 Å². The molecule has 176 valence electrons. The lowest BCUT2D eigenvalue weighted by molar-refractivity contribution is 0.0672. The molecular formula is C24H17ClF2N6OS. The van der Waals surface area contributed by atoms with Crippen LogP contribution in [0, 0.1) is 23.0 Å². The Morgan fingerprint density at radius 1 is 1.26 bits per heavy atom. The van der Waals surface area contributed by atoms with E-state index in [1.165, 1.54) is 18.5 Å². The van der Waals surface area contributed by atoms with Crippen molar-refractivity contribution in [3.63, 3.8) is 0 Å². The van der Waals surface area contributed by atoms with Gasteiger partial charge in [-0.05, 0) is 36.6 Å². The fourth-order valence-corrected chi connectivity index (χ4v) is 5.89. The molecule has 4 aromatic rings. The number of halogens is 3. The number of hydrogen-bond acceptors (Lipinski definition) is 7. The Kier molecular flexibility index (Phi) is 5.54. The summed E-state index contributed by atoms with van der Waals surface area (Å²) in [5, 5.41) is 9.97. The second-order valence-electron chi connectivity index (χ2n) is 8.11. The number of nitrogens with two attached hydrogens (primary N) is 2. The summed E-state index contributed by atoms with van der Waals surface area (Å²) in [6.07, 6.45) is 3.22. The molecule has 1 aliphatic heterocycles. The zero-order valence-electron chi connectivity index (χ0n) is 18.3. The molecule has 0 bridgehead atoms. The zero-order chi connectivity index (χ0) is 25.0. The molecule has 0 saturated heterocycles. The lowest BCUT2D eigenvalue weighted by Gasteiger charge is -2.34. The number of carbonyl (C=O) groups is 1. The van der Waals surface area contributed by atoms with E-state index >= 15 is 4.39 Å². The second kappa shape index (κ2) is 8.45. The maximum absolute atomic E-state index is 15.6. The molecule has 1 amide bonds. The Balaban J connectivity index is 1.64. The lowest BCUT2D eigenvalue weighted by Crippen LogP contribution is -2.40. The highest BCUT2D eigenvalue weighted by atomic mass is 35.5. The molecule has 0 aliphatic carbocycles. The summed E-state index contributed by atoms with van der Waals surface area (Å²) in [5.74, 6) is -1.48. The number of carbonyl (C=O) groups excluding carboxylic acids is 1. The Morgan fingerprint density at radius 3 is 2.74 bits per heavy atom. The fourth-order valence-electron chi connectivity index (χ4n) is 4.55. The number of benzene rings is 2. The van der Waals surface area contributed by atoms with Gasteiger partial charge >= 0.3 is 0 Å². The van der Waals surface area contributed by atoms with Gasteiger partial charge in [0.1, 0.15) is 34.8 Å². The Labute approximate surface area is 207 Å². The molecule has 1 aliphatic rings. The molecular weight excluding hydrogens is 494 g/mol. The summed E-state index contributed by atoms with van der Waals surface area (Å²) in [6.45, 7) is 2.10. The van der Waals surface area contributed by atoms with Gasteiger partial charge in [-0.2, -0.15) is 5.26 Å². The van der Waals surface area contributed by atoms with E-state index in [0.29, 0.717) is 24.1 Å². The van der Waals surface area contributed by atoms with Gasteiger partial charge in [0.05, 0.1) is 21.3 Å². The third-order valence-electron chi connectivity index (χ3n) is 6.30. The van der Waals surface area contributed by atoms with E-state index in [1.807, 2.05) is 6.07 Å². The summed E-state index contributed by atoms with van der Waals surface area (Å²) in [7, 11) is 0. The van der Waals surface area contributed by atoms with Crippen molar-refractivity contribution in [2.24, 2.45) is 0 Å². The average Bonchev–Trinajstić information content (AvgIpc) is 3.18. The van der Waals surface area contributed by atoms with Gasteiger partial charge in [-0.15, -0.1) is 11.3 Å². The van der Waals surface area contributed by atoms with E-state index < -0.39 is 23.6 Å². The predicted molar refractivity (Wildman–Crippen MR) is 131 cm³/mol. The molecule has 4 N–H and O–H groups in total. The van der Waals surface area contributed by atoms with Gasteiger partial charge in [-0.1, -0.05) is 17.7 Å². The number of thiophene rings is 1. The fraction of sp³-hybridized carbons (Fsp3) is 0.167. The first kappa shape index (κ1) is 23.0. The van der Waals surface area contributed by atoms with Crippen molar-refractivity contribution >= 4 is 49.7 Å². The summed E-state index contributed by atoms with van der Waals surface area (Å²) in [4.78, 5) is 22.9. The highest BCUT2D eigenvalue weighted by molar-refractivity contribution is 7.23. The van der Waals surface area contributed by atoms with Crippen LogP contribution in [0.25, 0.3) is 21.2 Å². The van der Waals surface area contributed by atoms with Crippen molar-refractivity contribution in [3.05, 3.63) is 69.6 Å². The third kappa shape index (κ3) is 3.47. The van der Waals surface area contributed by atoms with E-state index in [4.69, 9.17) is 23.1 Å². The summed E-state index contributed by atoms with van der Waals surface area (Å²) < 4.78 is 30.2. The first-order valence-electron chi connectivity index (χ1n) is 10.5. The molecule has 7 nitrogen and oxygen atoms in total. The van der Waals surface area contributed by atoms with Crippen LogP contribution in [0.15, 0.2) is 30.7 Å². The van der Waals surface area contributed by atoms with Crippen LogP contribution in [-0.4, -0.2) is 27.3 Å². The Hall–Kier alpha value is -3.81. The Bertz CT molecular complexity index is 1580. The predicted octanol–water partition coefficient (Wildman–Crippen LogP) is 5.09. The summed E-state index contributed by atoms with van der Waals surface area (Å²) in [5.41, 5.74) is 13.4. The third-order valence-corrected chi connectivity index (χ3v) is 7.75. The van der Waals surface area contributed by atoms with Gasteiger partial charge in [0.15, 0.2) is 0 Å². The summed E-state index contributed by atoms with van der Waals surface area (Å²) >= 11 is 7.60. The Morgan fingerprint density at radius 2 is 2.03 bits per heavy atom. The molecule has 3 heterocycles. The highest BCUT2D eigenvalue weighted by Gasteiger charge is 2.33. The highest BCUT2D eigenvalue weighted by Crippen LogP contribution is 2.45. The first-order valence-corrected chi connectivity index (χ1v) is 11.7. The van der Waals surface area contributed by atoms with Gasteiger partial charge in [-0.25, -0.2) is 18.7 Å². The molecule has 11 heteroatoms. The van der Waals surface area contributed by atoms with E-state index in [0.717, 1.165) is 17.4 Å². The van der Waals surface area contributed by atoms with Crippen LogP contribution in [0.3, 0.4) is 0 Å². The van der Waals surface area contributed by atoms with Gasteiger partial charge in [0.25, 0.3) is 5.91 Å². The number of anilines is 2. The molecule has 0 saturated carbocycles. The van der Waals surface area contributed by atoms with Crippen LogP contribution in [0.2, 0.25) is 5.02 Å². The SMILES string of the molecule is CC(c1cncnc1N)N1CCc2c(cc(F)c(-c3ccc(F)c4sc(N)c(C#N)c34)c2Cl)C1=O. The number of fused-ring (bicyclic) bond motifs is 2. The van der Waals surface area contributed by atoms with Crippen molar-refractivity contribution < 1.29 is 13.6 Å². The van der Waals surface area contributed by atoms with E-state index in [9.17, 15) is 14.4 Å². The number of aromatic nitrogens is 2. The molecule has 5 rings (SSSR count). The maximum atomic E-state index is 15.6. The molecule has 0 radical (unpaired) electrons. The van der Waals surface area contributed by atoms with Crippen LogP contribution >= 0.6 is 22.9 Å². The van der Waals surface area contributed by atoms with Gasteiger partial charge < -0.3 is 16.4 Å². The van der Waals surface area contributed by atoms with Crippen molar-refractivity contribution in [2.45, 2.75) is 19.4 Å². The van der Waals surface area contributed by atoms with Gasteiger partial charge in [-0.3, -0.25) is 4.79 Å². The molecule has 1 unspecified atom stereocenters. The molecule has 0 spiro atoms. The van der Waals surface area contributed by atoms with Gasteiger partial charge in [0.2, 0.25) is 0 Å². The molecule has 35 heavy (non-hydrogen) atoms. The standard InChI is InChI=1S/C24H17ClF2N6OS/c1-10(15-8-31-9-32-22(15)29)33-5-4-11-13(24(33)34)6-17(27)19(20(11)25)12-2-3-16(26)21-18(12)14(7-28)23(30)35-21/h2-3,6,8-10H,4-5,30H2,1H3,(H2,29,31,32).